The minimum absolute atomic E-state index is 0.0252. The molecule has 0 aliphatic carbocycles. The first-order chi connectivity index (χ1) is 12.5. The van der Waals surface area contributed by atoms with Gasteiger partial charge in [0.2, 0.25) is 6.79 Å². The molecule has 26 heavy (non-hydrogen) atoms. The van der Waals surface area contributed by atoms with E-state index in [0.29, 0.717) is 22.8 Å². The quantitative estimate of drug-likeness (QED) is 0.583. The molecule has 1 aliphatic heterocycles. The number of esters is 1. The Bertz CT molecular complexity index is 825. The molecule has 0 spiro atoms. The Morgan fingerprint density at radius 1 is 1.08 bits per heavy atom. The predicted molar refractivity (Wildman–Crippen MR) is 94.0 cm³/mol. The van der Waals surface area contributed by atoms with Gasteiger partial charge < -0.3 is 18.9 Å². The third kappa shape index (κ3) is 3.79. The Balaban J connectivity index is 2.09. The number of methoxy groups -OCH3 is 1. The fourth-order valence-corrected chi connectivity index (χ4v) is 2.99. The zero-order valence-corrected chi connectivity index (χ0v) is 14.9. The van der Waals surface area contributed by atoms with Crippen LogP contribution in [0, 0.1) is 0 Å². The minimum atomic E-state index is -0.443. The van der Waals surface area contributed by atoms with Crippen molar-refractivity contribution in [2.24, 2.45) is 0 Å². The second kappa shape index (κ2) is 7.47. The van der Waals surface area contributed by atoms with Crippen molar-refractivity contribution in [1.29, 1.82) is 0 Å². The Morgan fingerprint density at radius 2 is 1.73 bits per heavy atom. The van der Waals surface area contributed by atoms with Crippen LogP contribution in [0.4, 0.5) is 0 Å². The van der Waals surface area contributed by atoms with E-state index in [1.54, 1.807) is 19.2 Å². The van der Waals surface area contributed by atoms with E-state index in [2.05, 4.69) is 0 Å². The largest absolute Gasteiger partial charge is 0.497 e. The van der Waals surface area contributed by atoms with Crippen molar-refractivity contribution >= 4 is 11.8 Å². The highest BCUT2D eigenvalue weighted by molar-refractivity contribution is 5.78. The normalized spacial score (nSPS) is 13.2. The van der Waals surface area contributed by atoms with Crippen LogP contribution in [0.15, 0.2) is 36.4 Å². The lowest BCUT2D eigenvalue weighted by atomic mass is 9.86. The van der Waals surface area contributed by atoms with Crippen LogP contribution < -0.4 is 18.9 Å². The first-order valence-corrected chi connectivity index (χ1v) is 8.23. The number of benzene rings is 2. The number of ether oxygens (including phenoxy) is 4. The number of Topliss-reactive ketones (excluding diaryl/α,β-unsaturated/α-hetero) is 1. The Morgan fingerprint density at radius 3 is 2.31 bits per heavy atom. The molecule has 136 valence electrons. The summed E-state index contributed by atoms with van der Waals surface area (Å²) in [6.45, 7) is 2.98. The Labute approximate surface area is 151 Å². The summed E-state index contributed by atoms with van der Waals surface area (Å²) in [5.41, 5.74) is 1.61. The van der Waals surface area contributed by atoms with Gasteiger partial charge >= 0.3 is 5.97 Å². The highest BCUT2D eigenvalue weighted by Gasteiger charge is 2.26. The van der Waals surface area contributed by atoms with E-state index in [0.717, 1.165) is 11.3 Å². The second-order valence-electron chi connectivity index (χ2n) is 6.07. The lowest BCUT2D eigenvalue weighted by Gasteiger charge is -2.20. The number of carbonyl (C=O) groups is 2. The molecule has 0 saturated heterocycles. The molecule has 1 heterocycles. The fraction of sp³-hybridized carbons (Fsp3) is 0.300. The maximum atomic E-state index is 11.9. The molecule has 6 nitrogen and oxygen atoms in total. The maximum Gasteiger partial charge on any atom is 0.308 e. The number of carbonyl (C=O) groups excluding carboxylic acids is 2. The summed E-state index contributed by atoms with van der Waals surface area (Å²) in [7, 11) is 1.60. The van der Waals surface area contributed by atoms with Crippen LogP contribution in [0.1, 0.15) is 37.3 Å². The third-order valence-corrected chi connectivity index (χ3v) is 4.14. The van der Waals surface area contributed by atoms with Gasteiger partial charge in [0.15, 0.2) is 11.5 Å². The molecule has 2 aromatic rings. The number of ketones is 1. The first-order valence-electron chi connectivity index (χ1n) is 8.23. The van der Waals surface area contributed by atoms with E-state index in [1.165, 1.54) is 13.8 Å². The third-order valence-electron chi connectivity index (χ3n) is 4.14. The summed E-state index contributed by atoms with van der Waals surface area (Å²) in [6.07, 6.45) is 0.264. The number of hydrogen-bond donors (Lipinski definition) is 0. The summed E-state index contributed by atoms with van der Waals surface area (Å²) < 4.78 is 21.4. The lowest BCUT2D eigenvalue weighted by Crippen LogP contribution is -2.11. The lowest BCUT2D eigenvalue weighted by molar-refractivity contribution is -0.131. The highest BCUT2D eigenvalue weighted by atomic mass is 16.7. The van der Waals surface area contributed by atoms with E-state index in [9.17, 15) is 9.59 Å². The van der Waals surface area contributed by atoms with Crippen molar-refractivity contribution in [3.8, 4) is 23.0 Å². The zero-order chi connectivity index (χ0) is 18.7. The van der Waals surface area contributed by atoms with Crippen LogP contribution in [0.3, 0.4) is 0 Å². The van der Waals surface area contributed by atoms with E-state index in [4.69, 9.17) is 18.9 Å². The molecule has 3 rings (SSSR count). The van der Waals surface area contributed by atoms with Crippen LogP contribution in [-0.2, 0) is 9.59 Å². The molecule has 1 atom stereocenters. The number of rotatable bonds is 6. The maximum absolute atomic E-state index is 11.9. The van der Waals surface area contributed by atoms with Gasteiger partial charge in [0.05, 0.1) is 7.11 Å². The Kier molecular flexibility index (Phi) is 5.11. The summed E-state index contributed by atoms with van der Waals surface area (Å²) in [5.74, 6) is 1.46. The van der Waals surface area contributed by atoms with E-state index in [1.807, 2.05) is 24.3 Å². The van der Waals surface area contributed by atoms with Gasteiger partial charge in [0.1, 0.15) is 17.3 Å². The molecule has 0 aromatic heterocycles. The monoisotopic (exact) mass is 356 g/mol. The average molecular weight is 356 g/mol. The molecule has 0 radical (unpaired) electrons. The van der Waals surface area contributed by atoms with Crippen molar-refractivity contribution < 1.29 is 28.5 Å². The second-order valence-corrected chi connectivity index (χ2v) is 6.07. The van der Waals surface area contributed by atoms with Gasteiger partial charge in [-0.05, 0) is 30.7 Å². The van der Waals surface area contributed by atoms with Crippen LogP contribution in [-0.4, -0.2) is 25.7 Å². The van der Waals surface area contributed by atoms with Crippen molar-refractivity contribution in [3.63, 3.8) is 0 Å². The van der Waals surface area contributed by atoms with Crippen molar-refractivity contribution in [3.05, 3.63) is 47.5 Å². The standard InChI is InChI=1S/C20H20O6/c1-12(21)8-16(14-4-6-15(23-3)7-5-14)17-9-19-20(25-11-24-19)10-18(17)26-13(2)22/h4-7,9-10,16H,8,11H2,1-3H3/t16-/m1/s1. The van der Waals surface area contributed by atoms with Gasteiger partial charge in [-0.2, -0.15) is 0 Å². The molecule has 6 heteroatoms. The van der Waals surface area contributed by atoms with Crippen molar-refractivity contribution in [1.82, 2.24) is 0 Å². The van der Waals surface area contributed by atoms with E-state index >= 15 is 0 Å². The van der Waals surface area contributed by atoms with Crippen LogP contribution in [0.25, 0.3) is 0 Å². The van der Waals surface area contributed by atoms with Gasteiger partial charge in [-0.3, -0.25) is 9.59 Å². The van der Waals surface area contributed by atoms with Gasteiger partial charge in [0, 0.05) is 30.9 Å². The molecule has 0 N–H and O–H groups in total. The average Bonchev–Trinajstić information content (AvgIpc) is 3.06. The minimum Gasteiger partial charge on any atom is -0.497 e. The number of fused-ring (bicyclic) bond motifs is 1. The zero-order valence-electron chi connectivity index (χ0n) is 14.9. The van der Waals surface area contributed by atoms with E-state index < -0.39 is 5.97 Å². The molecule has 0 bridgehead atoms. The summed E-state index contributed by atoms with van der Waals surface area (Å²) in [5, 5.41) is 0. The van der Waals surface area contributed by atoms with Gasteiger partial charge in [-0.25, -0.2) is 0 Å². The molecule has 2 aromatic carbocycles. The van der Waals surface area contributed by atoms with Gasteiger partial charge in [0.25, 0.3) is 0 Å². The van der Waals surface area contributed by atoms with Crippen LogP contribution in [0.2, 0.25) is 0 Å². The molecule has 1 aliphatic rings. The molecule has 0 fully saturated rings. The Hall–Kier alpha value is -3.02. The SMILES string of the molecule is COc1ccc([C@@H](CC(C)=O)c2cc3c(cc2OC(C)=O)OCO3)cc1. The summed E-state index contributed by atoms with van der Waals surface area (Å²) in [4.78, 5) is 23.5. The molecule has 0 amide bonds. The molecule has 0 unspecified atom stereocenters. The molecular weight excluding hydrogens is 336 g/mol. The topological polar surface area (TPSA) is 71.1 Å². The van der Waals surface area contributed by atoms with Crippen LogP contribution in [0.5, 0.6) is 23.0 Å². The van der Waals surface area contributed by atoms with Gasteiger partial charge in [-0.15, -0.1) is 0 Å². The first kappa shape index (κ1) is 17.8. The van der Waals surface area contributed by atoms with Crippen LogP contribution >= 0.6 is 0 Å². The predicted octanol–water partition coefficient (Wildman–Crippen LogP) is 3.46. The summed E-state index contributed by atoms with van der Waals surface area (Å²) >= 11 is 0. The van der Waals surface area contributed by atoms with E-state index in [-0.39, 0.29) is 24.9 Å². The van der Waals surface area contributed by atoms with Gasteiger partial charge in [-0.1, -0.05) is 12.1 Å². The molecular formula is C20H20O6. The summed E-state index contributed by atoms with van der Waals surface area (Å²) in [6, 6.07) is 10.9. The molecule has 0 saturated carbocycles. The number of hydrogen-bond acceptors (Lipinski definition) is 6. The fourth-order valence-electron chi connectivity index (χ4n) is 2.99. The van der Waals surface area contributed by atoms with Crippen molar-refractivity contribution in [2.45, 2.75) is 26.2 Å². The highest BCUT2D eigenvalue weighted by Crippen LogP contribution is 2.44. The smallest absolute Gasteiger partial charge is 0.308 e. The van der Waals surface area contributed by atoms with Crippen molar-refractivity contribution in [2.75, 3.05) is 13.9 Å².